The Hall–Kier alpha value is -3.08. The molecule has 2 aromatic rings. The maximum atomic E-state index is 12.6. The summed E-state index contributed by atoms with van der Waals surface area (Å²) < 4.78 is 5.25. The minimum atomic E-state index is -1.03. The zero-order valence-electron chi connectivity index (χ0n) is 13.1. The van der Waals surface area contributed by atoms with Gasteiger partial charge in [0, 0.05) is 16.7 Å². The number of phenolic OH excluding ortho intramolecular Hbond substituents is 1. The Labute approximate surface area is 138 Å². The second-order valence-corrected chi connectivity index (χ2v) is 5.60. The standard InChI is InChI=1S/C19H16O5/c1-24-17-10-14(19(22)23)5-3-12(17)8-13-4-2-11-9-15(20)6-7-16(11)18(13)21/h3,5-10,20H,2,4H2,1H3,(H,22,23). The minimum absolute atomic E-state index is 0.0828. The highest BCUT2D eigenvalue weighted by atomic mass is 16.5. The largest absolute Gasteiger partial charge is 0.508 e. The summed E-state index contributed by atoms with van der Waals surface area (Å²) in [6, 6.07) is 9.30. The SMILES string of the molecule is COc1cc(C(=O)O)ccc1C=C1CCc2cc(O)ccc2C1=O. The van der Waals surface area contributed by atoms with E-state index in [0.29, 0.717) is 35.3 Å². The number of Topliss-reactive ketones (excluding diaryl/α,β-unsaturated/α-hetero) is 1. The number of carbonyl (C=O) groups excluding carboxylic acids is 1. The molecule has 0 radical (unpaired) electrons. The molecule has 24 heavy (non-hydrogen) atoms. The molecule has 1 aliphatic rings. The van der Waals surface area contributed by atoms with Crippen LogP contribution in [0.25, 0.3) is 6.08 Å². The van der Waals surface area contributed by atoms with Crippen LogP contribution >= 0.6 is 0 Å². The molecule has 0 amide bonds. The molecule has 0 fully saturated rings. The summed E-state index contributed by atoms with van der Waals surface area (Å²) in [7, 11) is 1.46. The summed E-state index contributed by atoms with van der Waals surface area (Å²) in [5.74, 6) is -0.554. The number of aromatic hydroxyl groups is 1. The lowest BCUT2D eigenvalue weighted by Crippen LogP contribution is -2.14. The number of ketones is 1. The van der Waals surface area contributed by atoms with Gasteiger partial charge in [-0.15, -0.1) is 0 Å². The Bertz CT molecular complexity index is 864. The number of methoxy groups -OCH3 is 1. The van der Waals surface area contributed by atoms with E-state index in [1.165, 1.54) is 25.3 Å². The van der Waals surface area contributed by atoms with Gasteiger partial charge in [0.1, 0.15) is 11.5 Å². The van der Waals surface area contributed by atoms with Gasteiger partial charge >= 0.3 is 5.97 Å². The van der Waals surface area contributed by atoms with Crippen LogP contribution in [0, 0.1) is 0 Å². The molecule has 0 saturated heterocycles. The Morgan fingerprint density at radius 1 is 1.17 bits per heavy atom. The molecule has 0 unspecified atom stereocenters. The average Bonchev–Trinajstić information content (AvgIpc) is 2.57. The first-order valence-corrected chi connectivity index (χ1v) is 7.48. The zero-order valence-corrected chi connectivity index (χ0v) is 13.1. The number of ether oxygens (including phenoxy) is 1. The van der Waals surface area contributed by atoms with Crippen molar-refractivity contribution in [2.45, 2.75) is 12.8 Å². The highest BCUT2D eigenvalue weighted by Gasteiger charge is 2.22. The van der Waals surface area contributed by atoms with Gasteiger partial charge < -0.3 is 14.9 Å². The lowest BCUT2D eigenvalue weighted by molar-refractivity contribution is 0.0696. The van der Waals surface area contributed by atoms with E-state index in [-0.39, 0.29) is 17.1 Å². The second kappa shape index (κ2) is 6.20. The Morgan fingerprint density at radius 2 is 1.96 bits per heavy atom. The number of aromatic carboxylic acids is 1. The number of benzene rings is 2. The van der Waals surface area contributed by atoms with Crippen LogP contribution in [0.5, 0.6) is 11.5 Å². The summed E-state index contributed by atoms with van der Waals surface area (Å²) in [4.78, 5) is 23.7. The molecule has 122 valence electrons. The van der Waals surface area contributed by atoms with Crippen molar-refractivity contribution in [3.63, 3.8) is 0 Å². The van der Waals surface area contributed by atoms with Crippen LogP contribution in [0.3, 0.4) is 0 Å². The molecule has 0 spiro atoms. The minimum Gasteiger partial charge on any atom is -0.508 e. The first-order valence-electron chi connectivity index (χ1n) is 7.48. The fraction of sp³-hybridized carbons (Fsp3) is 0.158. The number of carboxylic acid groups (broad SMARTS) is 1. The molecule has 0 bridgehead atoms. The van der Waals surface area contributed by atoms with Crippen molar-refractivity contribution < 1.29 is 24.5 Å². The summed E-state index contributed by atoms with van der Waals surface area (Å²) in [5, 5.41) is 18.6. The number of carboxylic acids is 1. The van der Waals surface area contributed by atoms with Crippen molar-refractivity contribution in [1.29, 1.82) is 0 Å². The smallest absolute Gasteiger partial charge is 0.335 e. The predicted octanol–water partition coefficient (Wildman–Crippen LogP) is 3.31. The Kier molecular flexibility index (Phi) is 4.08. The van der Waals surface area contributed by atoms with E-state index in [9.17, 15) is 14.7 Å². The summed E-state index contributed by atoms with van der Waals surface area (Å²) in [6.07, 6.45) is 2.96. The van der Waals surface area contributed by atoms with Gasteiger partial charge in [-0.3, -0.25) is 4.79 Å². The molecule has 0 heterocycles. The van der Waals surface area contributed by atoms with E-state index in [1.54, 1.807) is 24.3 Å². The van der Waals surface area contributed by atoms with Crippen LogP contribution in [0.1, 0.15) is 38.3 Å². The van der Waals surface area contributed by atoms with Gasteiger partial charge in [0.25, 0.3) is 0 Å². The first-order chi connectivity index (χ1) is 11.5. The van der Waals surface area contributed by atoms with Gasteiger partial charge in [-0.2, -0.15) is 0 Å². The summed E-state index contributed by atoms with van der Waals surface area (Å²) >= 11 is 0. The number of fused-ring (bicyclic) bond motifs is 1. The fourth-order valence-electron chi connectivity index (χ4n) is 2.85. The van der Waals surface area contributed by atoms with E-state index in [0.717, 1.165) is 5.56 Å². The molecule has 0 atom stereocenters. The molecule has 5 nitrogen and oxygen atoms in total. The van der Waals surface area contributed by atoms with Crippen LogP contribution in [0.4, 0.5) is 0 Å². The van der Waals surface area contributed by atoms with Crippen molar-refractivity contribution in [2.24, 2.45) is 0 Å². The number of allylic oxidation sites excluding steroid dienone is 1. The molecule has 3 rings (SSSR count). The molecule has 0 aromatic heterocycles. The highest BCUT2D eigenvalue weighted by Crippen LogP contribution is 2.31. The lowest BCUT2D eigenvalue weighted by atomic mass is 9.86. The number of carbonyl (C=O) groups is 2. The summed E-state index contributed by atoms with van der Waals surface area (Å²) in [5.41, 5.74) is 2.85. The number of phenols is 1. The van der Waals surface area contributed by atoms with Crippen molar-refractivity contribution in [2.75, 3.05) is 7.11 Å². The fourth-order valence-corrected chi connectivity index (χ4v) is 2.85. The molecule has 0 aliphatic heterocycles. The van der Waals surface area contributed by atoms with Crippen LogP contribution in [-0.4, -0.2) is 29.1 Å². The van der Waals surface area contributed by atoms with Crippen LogP contribution in [0.2, 0.25) is 0 Å². The third-order valence-electron chi connectivity index (χ3n) is 4.10. The monoisotopic (exact) mass is 324 g/mol. The normalized spacial score (nSPS) is 15.2. The second-order valence-electron chi connectivity index (χ2n) is 5.60. The number of hydrogen-bond donors (Lipinski definition) is 2. The van der Waals surface area contributed by atoms with Gasteiger partial charge in [-0.05, 0) is 54.8 Å². The molecule has 1 aliphatic carbocycles. The number of aryl methyl sites for hydroxylation is 1. The van der Waals surface area contributed by atoms with E-state index in [2.05, 4.69) is 0 Å². The van der Waals surface area contributed by atoms with E-state index in [4.69, 9.17) is 9.84 Å². The van der Waals surface area contributed by atoms with E-state index >= 15 is 0 Å². The molecule has 5 heteroatoms. The van der Waals surface area contributed by atoms with Gasteiger partial charge in [-0.25, -0.2) is 4.79 Å². The van der Waals surface area contributed by atoms with Gasteiger partial charge in [-0.1, -0.05) is 6.07 Å². The lowest BCUT2D eigenvalue weighted by Gasteiger charge is -2.18. The van der Waals surface area contributed by atoms with Crippen molar-refractivity contribution in [3.05, 3.63) is 64.2 Å². The van der Waals surface area contributed by atoms with Crippen LogP contribution in [0.15, 0.2) is 42.0 Å². The predicted molar refractivity (Wildman–Crippen MR) is 88.7 cm³/mol. The van der Waals surface area contributed by atoms with Gasteiger partial charge in [0.05, 0.1) is 12.7 Å². The van der Waals surface area contributed by atoms with Crippen LogP contribution in [-0.2, 0) is 6.42 Å². The van der Waals surface area contributed by atoms with Crippen molar-refractivity contribution in [3.8, 4) is 11.5 Å². The van der Waals surface area contributed by atoms with Gasteiger partial charge in [0.15, 0.2) is 5.78 Å². The molecular weight excluding hydrogens is 308 g/mol. The first kappa shape index (κ1) is 15.8. The Morgan fingerprint density at radius 3 is 2.67 bits per heavy atom. The topological polar surface area (TPSA) is 83.8 Å². The number of hydrogen-bond acceptors (Lipinski definition) is 4. The summed E-state index contributed by atoms with van der Waals surface area (Å²) in [6.45, 7) is 0. The Balaban J connectivity index is 1.99. The molecule has 2 N–H and O–H groups in total. The highest BCUT2D eigenvalue weighted by molar-refractivity contribution is 6.13. The van der Waals surface area contributed by atoms with Crippen LogP contribution < -0.4 is 4.74 Å². The quantitative estimate of drug-likeness (QED) is 0.846. The molecule has 2 aromatic carbocycles. The zero-order chi connectivity index (χ0) is 17.3. The molecule has 0 saturated carbocycles. The third-order valence-corrected chi connectivity index (χ3v) is 4.10. The average molecular weight is 324 g/mol. The van der Waals surface area contributed by atoms with Gasteiger partial charge in [0.2, 0.25) is 0 Å². The number of rotatable bonds is 3. The maximum absolute atomic E-state index is 12.6. The van der Waals surface area contributed by atoms with Crippen molar-refractivity contribution >= 4 is 17.8 Å². The third kappa shape index (κ3) is 2.88. The molecular formula is C19H16O5. The van der Waals surface area contributed by atoms with E-state index in [1.807, 2.05) is 0 Å². The van der Waals surface area contributed by atoms with Crippen molar-refractivity contribution in [1.82, 2.24) is 0 Å². The maximum Gasteiger partial charge on any atom is 0.335 e. The van der Waals surface area contributed by atoms with E-state index < -0.39 is 5.97 Å².